The van der Waals surface area contributed by atoms with E-state index in [1.165, 1.54) is 31.2 Å². The molecule has 1 aliphatic rings. The summed E-state index contributed by atoms with van der Waals surface area (Å²) < 4.78 is 6.38. The van der Waals surface area contributed by atoms with Crippen molar-refractivity contribution in [1.82, 2.24) is 5.32 Å². The largest absolute Gasteiger partial charge is 0.490 e. The normalized spacial score (nSPS) is 23.8. The number of hydrogen-bond donors (Lipinski definition) is 1. The molecule has 1 aliphatic carbocycles. The van der Waals surface area contributed by atoms with Crippen molar-refractivity contribution in [3.05, 3.63) is 29.8 Å². The van der Waals surface area contributed by atoms with Crippen LogP contribution in [0.2, 0.25) is 0 Å². The maximum atomic E-state index is 6.38. The average molecular weight is 289 g/mol. The standard InChI is InChI=1S/C19H31NO/c1-4-13-20-16-9-8-10-17(14-16)21-19-12-7-6-11-18(19)15(3)5-2/h6-7,11-12,15-17,20H,4-5,8-10,13-14H2,1-3H3. The molecule has 1 aromatic carbocycles. The van der Waals surface area contributed by atoms with Crippen LogP contribution >= 0.6 is 0 Å². The van der Waals surface area contributed by atoms with Gasteiger partial charge in [-0.3, -0.25) is 0 Å². The summed E-state index contributed by atoms with van der Waals surface area (Å²) in [6, 6.07) is 9.22. The first-order valence-electron chi connectivity index (χ1n) is 8.73. The van der Waals surface area contributed by atoms with E-state index in [9.17, 15) is 0 Å². The zero-order valence-corrected chi connectivity index (χ0v) is 13.9. The topological polar surface area (TPSA) is 21.3 Å². The maximum Gasteiger partial charge on any atom is 0.123 e. The van der Waals surface area contributed by atoms with E-state index in [-0.39, 0.29) is 0 Å². The number of benzene rings is 1. The molecule has 0 amide bonds. The molecule has 0 heterocycles. The molecule has 0 aromatic heterocycles. The summed E-state index contributed by atoms with van der Waals surface area (Å²) in [5.74, 6) is 1.67. The van der Waals surface area contributed by atoms with Crippen LogP contribution in [-0.4, -0.2) is 18.7 Å². The van der Waals surface area contributed by atoms with Gasteiger partial charge in [0.1, 0.15) is 11.9 Å². The quantitative estimate of drug-likeness (QED) is 0.771. The van der Waals surface area contributed by atoms with Crippen molar-refractivity contribution < 1.29 is 4.74 Å². The van der Waals surface area contributed by atoms with E-state index in [0.29, 0.717) is 18.1 Å². The molecule has 1 N–H and O–H groups in total. The molecule has 0 radical (unpaired) electrons. The van der Waals surface area contributed by atoms with Gasteiger partial charge in [0.2, 0.25) is 0 Å². The van der Waals surface area contributed by atoms with Crippen LogP contribution in [0.1, 0.15) is 70.8 Å². The van der Waals surface area contributed by atoms with Crippen molar-refractivity contribution in [2.45, 2.75) is 77.4 Å². The Morgan fingerprint density at radius 2 is 2.05 bits per heavy atom. The Kier molecular flexibility index (Phi) is 6.56. The third-order valence-corrected chi connectivity index (χ3v) is 4.67. The molecule has 3 atom stereocenters. The van der Waals surface area contributed by atoms with Gasteiger partial charge in [-0.1, -0.05) is 39.0 Å². The highest BCUT2D eigenvalue weighted by molar-refractivity contribution is 5.36. The van der Waals surface area contributed by atoms with Gasteiger partial charge in [0, 0.05) is 6.04 Å². The molecule has 1 saturated carbocycles. The molecule has 3 unspecified atom stereocenters. The van der Waals surface area contributed by atoms with Gasteiger partial charge in [0.15, 0.2) is 0 Å². The highest BCUT2D eigenvalue weighted by Crippen LogP contribution is 2.31. The van der Waals surface area contributed by atoms with Gasteiger partial charge in [-0.2, -0.15) is 0 Å². The minimum absolute atomic E-state index is 0.373. The molecular formula is C19H31NO. The van der Waals surface area contributed by atoms with E-state index in [2.05, 4.69) is 50.4 Å². The second-order valence-corrected chi connectivity index (χ2v) is 6.40. The van der Waals surface area contributed by atoms with Gasteiger partial charge in [-0.15, -0.1) is 0 Å². The van der Waals surface area contributed by atoms with Crippen LogP contribution in [0.25, 0.3) is 0 Å². The first-order valence-corrected chi connectivity index (χ1v) is 8.73. The Balaban J connectivity index is 1.97. The minimum Gasteiger partial charge on any atom is -0.490 e. The van der Waals surface area contributed by atoms with Gasteiger partial charge in [0.25, 0.3) is 0 Å². The zero-order valence-electron chi connectivity index (χ0n) is 13.9. The lowest BCUT2D eigenvalue weighted by Gasteiger charge is -2.31. The number of nitrogens with one attached hydrogen (secondary N) is 1. The van der Waals surface area contributed by atoms with E-state index in [0.717, 1.165) is 25.1 Å². The fourth-order valence-corrected chi connectivity index (χ4v) is 3.18. The third kappa shape index (κ3) is 4.74. The fourth-order valence-electron chi connectivity index (χ4n) is 3.18. The minimum atomic E-state index is 0.373. The summed E-state index contributed by atoms with van der Waals surface area (Å²) in [5, 5.41) is 3.66. The maximum absolute atomic E-state index is 6.38. The molecule has 1 fully saturated rings. The molecule has 0 saturated heterocycles. The van der Waals surface area contributed by atoms with Crippen molar-refractivity contribution in [3.63, 3.8) is 0 Å². The summed E-state index contributed by atoms with van der Waals surface area (Å²) in [6.07, 6.45) is 7.65. The molecule has 0 bridgehead atoms. The molecular weight excluding hydrogens is 258 g/mol. The Hall–Kier alpha value is -1.02. The summed E-state index contributed by atoms with van der Waals surface area (Å²) in [6.45, 7) is 7.88. The fraction of sp³-hybridized carbons (Fsp3) is 0.684. The van der Waals surface area contributed by atoms with E-state index in [1.54, 1.807) is 0 Å². The highest BCUT2D eigenvalue weighted by Gasteiger charge is 2.23. The lowest BCUT2D eigenvalue weighted by Crippen LogP contribution is -2.38. The zero-order chi connectivity index (χ0) is 15.1. The monoisotopic (exact) mass is 289 g/mol. The molecule has 2 heteroatoms. The summed E-state index contributed by atoms with van der Waals surface area (Å²) in [5.41, 5.74) is 1.36. The summed E-state index contributed by atoms with van der Waals surface area (Å²) in [7, 11) is 0. The van der Waals surface area contributed by atoms with Gasteiger partial charge >= 0.3 is 0 Å². The van der Waals surface area contributed by atoms with Crippen molar-refractivity contribution in [1.29, 1.82) is 0 Å². The lowest BCUT2D eigenvalue weighted by molar-refractivity contribution is 0.133. The van der Waals surface area contributed by atoms with Crippen molar-refractivity contribution in [3.8, 4) is 5.75 Å². The van der Waals surface area contributed by atoms with E-state index >= 15 is 0 Å². The Bertz CT molecular complexity index is 418. The summed E-state index contributed by atoms with van der Waals surface area (Å²) >= 11 is 0. The van der Waals surface area contributed by atoms with Crippen molar-refractivity contribution in [2.24, 2.45) is 0 Å². The Morgan fingerprint density at radius 1 is 1.24 bits per heavy atom. The highest BCUT2D eigenvalue weighted by atomic mass is 16.5. The molecule has 21 heavy (non-hydrogen) atoms. The number of rotatable bonds is 7. The van der Waals surface area contributed by atoms with Crippen molar-refractivity contribution >= 4 is 0 Å². The third-order valence-electron chi connectivity index (χ3n) is 4.67. The first-order chi connectivity index (χ1) is 10.2. The van der Waals surface area contributed by atoms with Gasteiger partial charge in [0.05, 0.1) is 0 Å². The van der Waals surface area contributed by atoms with E-state index in [1.807, 2.05) is 0 Å². The van der Waals surface area contributed by atoms with Gasteiger partial charge in [-0.05, 0) is 62.6 Å². The lowest BCUT2D eigenvalue weighted by atomic mass is 9.92. The molecule has 0 aliphatic heterocycles. The van der Waals surface area contributed by atoms with Crippen LogP contribution < -0.4 is 10.1 Å². The number of ether oxygens (including phenoxy) is 1. The van der Waals surface area contributed by atoms with Crippen LogP contribution in [0.3, 0.4) is 0 Å². The second-order valence-electron chi connectivity index (χ2n) is 6.40. The number of para-hydroxylation sites is 1. The molecule has 1 aromatic rings. The summed E-state index contributed by atoms with van der Waals surface area (Å²) in [4.78, 5) is 0. The predicted octanol–water partition coefficient (Wildman–Crippen LogP) is 4.89. The second kappa shape index (κ2) is 8.43. The smallest absolute Gasteiger partial charge is 0.123 e. The molecule has 2 rings (SSSR count). The van der Waals surface area contributed by atoms with Crippen LogP contribution in [0.5, 0.6) is 5.75 Å². The first kappa shape index (κ1) is 16.4. The van der Waals surface area contributed by atoms with Crippen LogP contribution in [-0.2, 0) is 0 Å². The Labute approximate surface area is 130 Å². The van der Waals surface area contributed by atoms with E-state index < -0.39 is 0 Å². The SMILES string of the molecule is CCCNC1CCCC(Oc2ccccc2C(C)CC)C1. The van der Waals surface area contributed by atoms with Crippen molar-refractivity contribution in [2.75, 3.05) is 6.54 Å². The van der Waals surface area contributed by atoms with Gasteiger partial charge < -0.3 is 10.1 Å². The Morgan fingerprint density at radius 3 is 2.81 bits per heavy atom. The van der Waals surface area contributed by atoms with Crippen LogP contribution in [0, 0.1) is 0 Å². The molecule has 2 nitrogen and oxygen atoms in total. The molecule has 118 valence electrons. The van der Waals surface area contributed by atoms with Crippen LogP contribution in [0.4, 0.5) is 0 Å². The van der Waals surface area contributed by atoms with Crippen LogP contribution in [0.15, 0.2) is 24.3 Å². The predicted molar refractivity (Wildman–Crippen MR) is 90.1 cm³/mol. The average Bonchev–Trinajstić information content (AvgIpc) is 2.53. The number of hydrogen-bond acceptors (Lipinski definition) is 2. The molecule has 0 spiro atoms. The van der Waals surface area contributed by atoms with E-state index in [4.69, 9.17) is 4.74 Å². The van der Waals surface area contributed by atoms with Gasteiger partial charge in [-0.25, -0.2) is 0 Å².